The molecule has 0 bridgehead atoms. The summed E-state index contributed by atoms with van der Waals surface area (Å²) in [5, 5.41) is 26.9. The average Bonchev–Trinajstić information content (AvgIpc) is 2.52. The number of hydrogen-bond donors (Lipinski definition) is 3. The van der Waals surface area contributed by atoms with Crippen molar-refractivity contribution in [2.75, 3.05) is 0 Å². The number of carboxylic acid groups (broad SMARTS) is 3. The van der Waals surface area contributed by atoms with E-state index < -0.39 is 17.9 Å². The van der Waals surface area contributed by atoms with E-state index in [2.05, 4.69) is 0 Å². The predicted octanol–water partition coefficient (Wildman–Crippen LogP) is 3.63. The molecule has 0 saturated heterocycles. The number of benzene rings is 2. The summed E-state index contributed by atoms with van der Waals surface area (Å²) in [4.78, 5) is 32.9. The number of rotatable bonds is 6. The van der Waals surface area contributed by atoms with E-state index in [1.54, 1.807) is 12.1 Å². The number of carbonyl (C=O) groups is 3. The van der Waals surface area contributed by atoms with Gasteiger partial charge in [0.15, 0.2) is 0 Å². The molecule has 0 spiro atoms. The van der Waals surface area contributed by atoms with Crippen LogP contribution in [0.3, 0.4) is 0 Å². The molecule has 0 heterocycles. The maximum atomic E-state index is 11.0. The molecular weight excluding hydrogens is 411 g/mol. The van der Waals surface area contributed by atoms with Gasteiger partial charge in [-0.1, -0.05) is 12.1 Å². The van der Waals surface area contributed by atoms with Crippen LogP contribution in [0, 0.1) is 0 Å². The van der Waals surface area contributed by atoms with Crippen molar-refractivity contribution in [3.63, 3.8) is 0 Å². The Balaban J connectivity index is 0. The van der Waals surface area contributed by atoms with Gasteiger partial charge in [-0.3, -0.25) is 0 Å². The maximum absolute atomic E-state index is 11.0. The van der Waals surface area contributed by atoms with Crippen molar-refractivity contribution < 1.29 is 34.4 Å². The molecule has 0 aliphatic carbocycles. The summed E-state index contributed by atoms with van der Waals surface area (Å²) < 4.78 is 5.39. The van der Waals surface area contributed by atoms with E-state index >= 15 is 0 Å². The first-order chi connectivity index (χ1) is 10.9. The quantitative estimate of drug-likeness (QED) is 0.646. The SMILES string of the molecule is Cl.Cl.Cl.O=C(O)c1cccc(COc2cc(C(=O)O)cc(C(=O)O)c2)c1. The van der Waals surface area contributed by atoms with E-state index in [0.29, 0.717) is 5.56 Å². The minimum atomic E-state index is -1.27. The summed E-state index contributed by atoms with van der Waals surface area (Å²) >= 11 is 0. The molecule has 3 N–H and O–H groups in total. The minimum absolute atomic E-state index is 0. The van der Waals surface area contributed by atoms with Crippen LogP contribution in [0.1, 0.15) is 36.6 Å². The van der Waals surface area contributed by atoms with Crippen molar-refractivity contribution in [2.24, 2.45) is 0 Å². The molecule has 0 aliphatic heterocycles. The molecular formula is C16H15Cl3O7. The van der Waals surface area contributed by atoms with Gasteiger partial charge < -0.3 is 20.1 Å². The van der Waals surface area contributed by atoms with Gasteiger partial charge in [-0.2, -0.15) is 0 Å². The van der Waals surface area contributed by atoms with E-state index in [1.807, 2.05) is 0 Å². The Morgan fingerprint density at radius 1 is 0.731 bits per heavy atom. The van der Waals surface area contributed by atoms with Crippen LogP contribution in [-0.4, -0.2) is 33.2 Å². The molecule has 2 aromatic carbocycles. The number of carboxylic acids is 3. The van der Waals surface area contributed by atoms with Gasteiger partial charge >= 0.3 is 17.9 Å². The van der Waals surface area contributed by atoms with Crippen LogP contribution in [0.4, 0.5) is 0 Å². The van der Waals surface area contributed by atoms with Crippen molar-refractivity contribution in [1.82, 2.24) is 0 Å². The Morgan fingerprint density at radius 3 is 1.69 bits per heavy atom. The average molecular weight is 426 g/mol. The van der Waals surface area contributed by atoms with Crippen LogP contribution < -0.4 is 4.74 Å². The monoisotopic (exact) mass is 424 g/mol. The molecule has 0 fully saturated rings. The second-order valence-electron chi connectivity index (χ2n) is 4.65. The highest BCUT2D eigenvalue weighted by atomic mass is 35.5. The molecule has 10 heteroatoms. The van der Waals surface area contributed by atoms with Crippen LogP contribution in [-0.2, 0) is 6.61 Å². The van der Waals surface area contributed by atoms with Crippen LogP contribution in [0.25, 0.3) is 0 Å². The lowest BCUT2D eigenvalue weighted by atomic mass is 10.1. The third kappa shape index (κ3) is 6.79. The van der Waals surface area contributed by atoms with Gasteiger partial charge in [-0.25, -0.2) is 14.4 Å². The molecule has 2 aromatic rings. The Kier molecular flexibility index (Phi) is 11.1. The van der Waals surface area contributed by atoms with E-state index in [1.165, 1.54) is 24.3 Å². The first-order valence-corrected chi connectivity index (χ1v) is 6.43. The summed E-state index contributed by atoms with van der Waals surface area (Å²) in [6.07, 6.45) is 0. The topological polar surface area (TPSA) is 121 Å². The van der Waals surface area contributed by atoms with Gasteiger partial charge in [0.05, 0.1) is 16.7 Å². The summed E-state index contributed by atoms with van der Waals surface area (Å²) in [6, 6.07) is 9.49. The van der Waals surface area contributed by atoms with E-state index in [9.17, 15) is 14.4 Å². The molecule has 7 nitrogen and oxygen atoms in total. The number of ether oxygens (including phenoxy) is 1. The Labute approximate surface area is 166 Å². The van der Waals surface area contributed by atoms with Gasteiger partial charge in [0, 0.05) is 0 Å². The van der Waals surface area contributed by atoms with Crippen molar-refractivity contribution in [2.45, 2.75) is 6.61 Å². The summed E-state index contributed by atoms with van der Waals surface area (Å²) in [5.41, 5.74) is 0.234. The Bertz CT molecular complexity index is 761. The van der Waals surface area contributed by atoms with Gasteiger partial charge in [0.25, 0.3) is 0 Å². The fourth-order valence-electron chi connectivity index (χ4n) is 1.89. The predicted molar refractivity (Wildman–Crippen MR) is 99.8 cm³/mol. The maximum Gasteiger partial charge on any atom is 0.335 e. The lowest BCUT2D eigenvalue weighted by Crippen LogP contribution is -2.05. The molecule has 0 unspecified atom stereocenters. The zero-order chi connectivity index (χ0) is 17.0. The Morgan fingerprint density at radius 2 is 1.23 bits per heavy atom. The first-order valence-electron chi connectivity index (χ1n) is 6.43. The third-order valence-corrected chi connectivity index (χ3v) is 2.98. The fraction of sp³-hybridized carbons (Fsp3) is 0.0625. The standard InChI is InChI=1S/C16H12O7.3ClH/c17-14(18)10-3-1-2-9(4-10)8-23-13-6-11(15(19)20)5-12(7-13)16(21)22;;;/h1-7H,8H2,(H,17,18)(H,19,20)(H,21,22);3*1H. The summed E-state index contributed by atoms with van der Waals surface area (Å²) in [7, 11) is 0. The number of aromatic carboxylic acids is 3. The minimum Gasteiger partial charge on any atom is -0.489 e. The summed E-state index contributed by atoms with van der Waals surface area (Å²) in [6.45, 7) is -0.0246. The summed E-state index contributed by atoms with van der Waals surface area (Å²) in [5.74, 6) is -3.55. The van der Waals surface area contributed by atoms with Crippen LogP contribution in [0.5, 0.6) is 5.75 Å². The highest BCUT2D eigenvalue weighted by molar-refractivity contribution is 5.94. The molecule has 0 atom stereocenters. The second kappa shape index (κ2) is 11.2. The molecule has 0 radical (unpaired) electrons. The highest BCUT2D eigenvalue weighted by Gasteiger charge is 2.12. The first kappa shape index (κ1) is 25.8. The largest absolute Gasteiger partial charge is 0.489 e. The zero-order valence-electron chi connectivity index (χ0n) is 12.9. The number of hydrogen-bond acceptors (Lipinski definition) is 4. The van der Waals surface area contributed by atoms with Crippen LogP contribution in [0.15, 0.2) is 42.5 Å². The van der Waals surface area contributed by atoms with Crippen molar-refractivity contribution in [3.8, 4) is 5.75 Å². The van der Waals surface area contributed by atoms with Gasteiger partial charge in [0.1, 0.15) is 12.4 Å². The second-order valence-corrected chi connectivity index (χ2v) is 4.65. The molecule has 142 valence electrons. The molecule has 0 aliphatic rings. The molecule has 0 saturated carbocycles. The van der Waals surface area contributed by atoms with E-state index in [4.69, 9.17) is 20.1 Å². The van der Waals surface area contributed by atoms with Gasteiger partial charge in [-0.05, 0) is 35.9 Å². The molecule has 2 rings (SSSR count). The highest BCUT2D eigenvalue weighted by Crippen LogP contribution is 2.19. The van der Waals surface area contributed by atoms with Crippen molar-refractivity contribution in [3.05, 3.63) is 64.7 Å². The normalized spacial score (nSPS) is 8.92. The lowest BCUT2D eigenvalue weighted by molar-refractivity contribution is 0.0681. The van der Waals surface area contributed by atoms with Crippen LogP contribution in [0.2, 0.25) is 0 Å². The van der Waals surface area contributed by atoms with Crippen LogP contribution >= 0.6 is 37.2 Å². The van der Waals surface area contributed by atoms with Crippen molar-refractivity contribution >= 4 is 55.1 Å². The molecule has 0 amide bonds. The van der Waals surface area contributed by atoms with Crippen molar-refractivity contribution in [1.29, 1.82) is 0 Å². The fourth-order valence-corrected chi connectivity index (χ4v) is 1.89. The number of halogens is 3. The lowest BCUT2D eigenvalue weighted by Gasteiger charge is -2.09. The van der Waals surface area contributed by atoms with E-state index in [-0.39, 0.29) is 66.3 Å². The third-order valence-electron chi connectivity index (χ3n) is 2.98. The van der Waals surface area contributed by atoms with Gasteiger partial charge in [0.2, 0.25) is 0 Å². The van der Waals surface area contributed by atoms with E-state index in [0.717, 1.165) is 6.07 Å². The smallest absolute Gasteiger partial charge is 0.335 e. The zero-order valence-corrected chi connectivity index (χ0v) is 15.4. The Hall–Kier alpha value is -2.48. The molecule has 0 aromatic heterocycles. The molecule has 26 heavy (non-hydrogen) atoms. The van der Waals surface area contributed by atoms with Gasteiger partial charge in [-0.15, -0.1) is 37.2 Å².